The van der Waals surface area contributed by atoms with E-state index in [0.717, 1.165) is 18.9 Å². The summed E-state index contributed by atoms with van der Waals surface area (Å²) in [5.41, 5.74) is -4.21. The summed E-state index contributed by atoms with van der Waals surface area (Å²) in [6.07, 6.45) is 2.64. The molecule has 0 saturated heterocycles. The summed E-state index contributed by atoms with van der Waals surface area (Å²) in [6, 6.07) is 0. The third-order valence-corrected chi connectivity index (χ3v) is 10.4. The van der Waals surface area contributed by atoms with E-state index in [4.69, 9.17) is 9.47 Å². The maximum absolute atomic E-state index is 15.8. The molecule has 1 N–H and O–H groups in total. The quantitative estimate of drug-likeness (QED) is 0.305. The van der Waals surface area contributed by atoms with Gasteiger partial charge in [-0.2, -0.15) is 0 Å². The molecule has 3 fully saturated rings. The highest BCUT2D eigenvalue weighted by Crippen LogP contribution is 2.69. The molecule has 0 bridgehead atoms. The predicted molar refractivity (Wildman–Crippen MR) is 142 cm³/mol. The summed E-state index contributed by atoms with van der Waals surface area (Å²) < 4.78 is 42.1. The fraction of sp³-hybridized carbons (Fsp3) is 0.742. The molecule has 4 rings (SSSR count). The number of ether oxygens (including phenoxy) is 2. The highest BCUT2D eigenvalue weighted by molar-refractivity contribution is 6.04. The van der Waals surface area contributed by atoms with Gasteiger partial charge >= 0.3 is 11.9 Å². The number of Topliss-reactive ketones (excluding diaryl/α,β-unsaturated/α-hetero) is 1. The van der Waals surface area contributed by atoms with Gasteiger partial charge < -0.3 is 14.6 Å². The van der Waals surface area contributed by atoms with E-state index in [1.165, 1.54) is 6.08 Å². The van der Waals surface area contributed by atoms with Gasteiger partial charge in [0.2, 0.25) is 11.6 Å². The van der Waals surface area contributed by atoms with Gasteiger partial charge in [-0.05, 0) is 43.6 Å². The Hall–Kier alpha value is -2.42. The van der Waals surface area contributed by atoms with E-state index in [1.54, 1.807) is 20.8 Å². The minimum atomic E-state index is -1.74. The molecule has 0 spiro atoms. The average Bonchev–Trinajstić information content (AvgIpc) is 3.11. The maximum Gasteiger partial charge on any atom is 0.306 e. The van der Waals surface area contributed by atoms with Crippen molar-refractivity contribution in [2.45, 2.75) is 104 Å². The lowest BCUT2D eigenvalue weighted by Gasteiger charge is -2.60. The number of aliphatic hydroxyl groups is 1. The van der Waals surface area contributed by atoms with Crippen molar-refractivity contribution in [1.82, 2.24) is 0 Å². The van der Waals surface area contributed by atoms with Gasteiger partial charge in [-0.3, -0.25) is 19.2 Å². The molecule has 222 valence electrons. The molecule has 4 aliphatic carbocycles. The van der Waals surface area contributed by atoms with Crippen LogP contribution in [0.3, 0.4) is 0 Å². The van der Waals surface area contributed by atoms with Crippen LogP contribution in [0.25, 0.3) is 0 Å². The van der Waals surface area contributed by atoms with Crippen molar-refractivity contribution in [3.05, 3.63) is 23.6 Å². The number of allylic oxidation sites excluding steroid dienone is 4. The Morgan fingerprint density at radius 1 is 1.12 bits per heavy atom. The highest BCUT2D eigenvalue weighted by atomic mass is 19.1. The average molecular weight is 565 g/mol. The number of carbonyl (C=O) groups is 4. The van der Waals surface area contributed by atoms with E-state index in [9.17, 15) is 28.7 Å². The second-order valence-electron chi connectivity index (χ2n) is 12.6. The van der Waals surface area contributed by atoms with Crippen LogP contribution in [0.2, 0.25) is 0 Å². The largest absolute Gasteiger partial charge is 0.457 e. The molecule has 0 unspecified atom stereocenters. The van der Waals surface area contributed by atoms with Crippen LogP contribution in [0.4, 0.5) is 8.78 Å². The van der Waals surface area contributed by atoms with Crippen molar-refractivity contribution in [3.63, 3.8) is 0 Å². The molecule has 7 nitrogen and oxygen atoms in total. The number of hydrogen-bond donors (Lipinski definition) is 1. The molecule has 40 heavy (non-hydrogen) atoms. The van der Waals surface area contributed by atoms with Gasteiger partial charge in [0.25, 0.3) is 0 Å². The third-order valence-electron chi connectivity index (χ3n) is 10.4. The smallest absolute Gasteiger partial charge is 0.306 e. The van der Waals surface area contributed by atoms with Gasteiger partial charge in [0.1, 0.15) is 6.17 Å². The fourth-order valence-electron chi connectivity index (χ4n) is 8.72. The van der Waals surface area contributed by atoms with Crippen molar-refractivity contribution in [2.24, 2.45) is 34.5 Å². The Bertz CT molecular complexity index is 1130. The van der Waals surface area contributed by atoms with Gasteiger partial charge in [-0.25, -0.2) is 8.78 Å². The van der Waals surface area contributed by atoms with Crippen molar-refractivity contribution in [3.8, 4) is 0 Å². The standard InChI is InChI=1S/C31H42F2O7/c1-6-8-9-10-25(38)40-31(23(36)16-39-24(37)7-2)17(3)13-19-18-14-20(32)27-28(33)21(34)11-12-29(27,4)26(18)22(35)15-30(19,31)5/h11-12,17-20,22,26,35H,6-10,13-16H2,1-5H3/t17-,18+,19+,20+,22+,26-,29-,30+,31-/m1/s1. The summed E-state index contributed by atoms with van der Waals surface area (Å²) in [7, 11) is 0. The molecule has 9 atom stereocenters. The van der Waals surface area contributed by atoms with Crippen LogP contribution in [-0.4, -0.2) is 53.1 Å². The minimum Gasteiger partial charge on any atom is -0.457 e. The van der Waals surface area contributed by atoms with Crippen LogP contribution in [0, 0.1) is 34.5 Å². The molecule has 4 aliphatic rings. The van der Waals surface area contributed by atoms with E-state index in [2.05, 4.69) is 0 Å². The van der Waals surface area contributed by atoms with Crippen LogP contribution < -0.4 is 0 Å². The summed E-state index contributed by atoms with van der Waals surface area (Å²) in [4.78, 5) is 51.2. The van der Waals surface area contributed by atoms with Crippen LogP contribution in [0.5, 0.6) is 0 Å². The van der Waals surface area contributed by atoms with E-state index >= 15 is 4.39 Å². The Balaban J connectivity index is 1.76. The van der Waals surface area contributed by atoms with Crippen molar-refractivity contribution >= 4 is 23.5 Å². The first kappa shape index (κ1) is 30.5. The number of rotatable bonds is 9. The number of aliphatic hydroxyl groups excluding tert-OH is 1. The minimum absolute atomic E-state index is 0.0438. The first-order valence-corrected chi connectivity index (χ1v) is 14.6. The zero-order valence-electron chi connectivity index (χ0n) is 24.1. The fourth-order valence-corrected chi connectivity index (χ4v) is 8.72. The predicted octanol–water partition coefficient (Wildman–Crippen LogP) is 5.14. The number of fused-ring (bicyclic) bond motifs is 5. The van der Waals surface area contributed by atoms with Crippen LogP contribution in [0.15, 0.2) is 23.6 Å². The van der Waals surface area contributed by atoms with Crippen molar-refractivity contribution in [2.75, 3.05) is 6.61 Å². The van der Waals surface area contributed by atoms with E-state index in [-0.39, 0.29) is 37.2 Å². The number of hydrogen-bond acceptors (Lipinski definition) is 7. The lowest BCUT2D eigenvalue weighted by atomic mass is 9.45. The molecule has 3 saturated carbocycles. The Morgan fingerprint density at radius 3 is 2.48 bits per heavy atom. The van der Waals surface area contributed by atoms with Gasteiger partial charge in [0.05, 0.1) is 6.10 Å². The molecule has 0 aromatic heterocycles. The first-order chi connectivity index (χ1) is 18.8. The van der Waals surface area contributed by atoms with Crippen LogP contribution >= 0.6 is 0 Å². The second kappa shape index (κ2) is 11.1. The Kier molecular flexibility index (Phi) is 8.48. The molecule has 0 aromatic carbocycles. The summed E-state index contributed by atoms with van der Waals surface area (Å²) in [5, 5.41) is 11.7. The van der Waals surface area contributed by atoms with Crippen molar-refractivity contribution < 1.29 is 42.5 Å². The van der Waals surface area contributed by atoms with Gasteiger partial charge in [-0.15, -0.1) is 0 Å². The first-order valence-electron chi connectivity index (χ1n) is 14.6. The van der Waals surface area contributed by atoms with Crippen LogP contribution in [-0.2, 0) is 28.7 Å². The molecule has 9 heteroatoms. The topological polar surface area (TPSA) is 107 Å². The lowest BCUT2D eigenvalue weighted by molar-refractivity contribution is -0.207. The zero-order valence-corrected chi connectivity index (χ0v) is 24.1. The molecule has 0 amide bonds. The van der Waals surface area contributed by atoms with Crippen LogP contribution in [0.1, 0.15) is 86.0 Å². The van der Waals surface area contributed by atoms with Crippen molar-refractivity contribution in [1.29, 1.82) is 0 Å². The number of unbranched alkanes of at least 4 members (excludes halogenated alkanes) is 2. The third kappa shape index (κ3) is 4.56. The molecule has 0 aliphatic heterocycles. The van der Waals surface area contributed by atoms with Gasteiger partial charge in [0.15, 0.2) is 18.0 Å². The Labute approximate surface area is 234 Å². The number of esters is 2. The Morgan fingerprint density at radius 2 is 1.82 bits per heavy atom. The normalized spacial score (nSPS) is 40.2. The number of ketones is 2. The highest BCUT2D eigenvalue weighted by Gasteiger charge is 2.73. The number of carbonyl (C=O) groups excluding carboxylic acids is 4. The molecular formula is C31H42F2O7. The van der Waals surface area contributed by atoms with Gasteiger partial charge in [-0.1, -0.05) is 53.5 Å². The van der Waals surface area contributed by atoms with E-state index < -0.39 is 82.4 Å². The summed E-state index contributed by atoms with van der Waals surface area (Å²) in [5.74, 6) is -5.54. The summed E-state index contributed by atoms with van der Waals surface area (Å²) >= 11 is 0. The van der Waals surface area contributed by atoms with E-state index in [1.807, 2.05) is 13.8 Å². The monoisotopic (exact) mass is 564 g/mol. The summed E-state index contributed by atoms with van der Waals surface area (Å²) in [6.45, 7) is 8.33. The molecule has 0 aromatic rings. The number of halogens is 2. The zero-order chi connectivity index (χ0) is 29.6. The van der Waals surface area contributed by atoms with E-state index in [0.29, 0.717) is 12.8 Å². The second-order valence-corrected chi connectivity index (χ2v) is 12.6. The van der Waals surface area contributed by atoms with Gasteiger partial charge in [0, 0.05) is 41.1 Å². The lowest BCUT2D eigenvalue weighted by Crippen LogP contribution is -2.65. The number of alkyl halides is 1. The maximum atomic E-state index is 15.8. The molecular weight excluding hydrogens is 522 g/mol. The molecule has 0 radical (unpaired) electrons. The molecule has 0 heterocycles. The SMILES string of the molecule is CCCCCC(=O)O[C@@]1(C(=O)COC(=O)CC)[C@H](C)C[C@H]2[C@@H]3C[C@H](F)C4=C(F)C(=O)C=C[C@]4(C)[C@H]3[C@@H](O)C[C@@]21C.